The molecule has 0 amide bonds. The minimum atomic E-state index is 0.272. The van der Waals surface area contributed by atoms with Crippen LogP contribution in [-0.2, 0) is 0 Å². The molecule has 0 bridgehead atoms. The zero-order valence-electron chi connectivity index (χ0n) is 9.09. The minimum absolute atomic E-state index is 0.272. The Balaban J connectivity index is 2.32. The summed E-state index contributed by atoms with van der Waals surface area (Å²) in [5.74, 6) is 1.02. The second-order valence-electron chi connectivity index (χ2n) is 3.78. The second-order valence-corrected chi connectivity index (χ2v) is 4.70. The second kappa shape index (κ2) is 4.54. The fourth-order valence-electron chi connectivity index (χ4n) is 2.08. The van der Waals surface area contributed by atoms with Crippen LogP contribution in [0, 0.1) is 0 Å². The van der Waals surface area contributed by atoms with Crippen LogP contribution in [0.2, 0.25) is 0 Å². The molecule has 0 aromatic heterocycles. The summed E-state index contributed by atoms with van der Waals surface area (Å²) in [4.78, 5) is 0. The Kier molecular flexibility index (Phi) is 3.32. The normalized spacial score (nSPS) is 23.7. The van der Waals surface area contributed by atoms with Gasteiger partial charge in [-0.15, -0.1) is 0 Å². The number of likely N-dealkylation sites (N-methyl/N-ethyl adjacent to an activating group) is 1. The van der Waals surface area contributed by atoms with Crippen molar-refractivity contribution in [1.82, 2.24) is 5.32 Å². The van der Waals surface area contributed by atoms with Crippen molar-refractivity contribution in [3.05, 3.63) is 28.2 Å². The smallest absolute Gasteiger partial charge is 0.124 e. The summed E-state index contributed by atoms with van der Waals surface area (Å²) in [5, 5.41) is 3.48. The molecule has 0 saturated heterocycles. The zero-order valence-corrected chi connectivity index (χ0v) is 10.7. The largest absolute Gasteiger partial charge is 0.488 e. The van der Waals surface area contributed by atoms with Gasteiger partial charge in [0.25, 0.3) is 0 Å². The van der Waals surface area contributed by atoms with E-state index in [0.717, 1.165) is 23.2 Å². The first-order valence-electron chi connectivity index (χ1n) is 5.45. The summed E-state index contributed by atoms with van der Waals surface area (Å²) in [5.41, 5.74) is 1.28. The van der Waals surface area contributed by atoms with Gasteiger partial charge in [-0.25, -0.2) is 0 Å². The number of halogens is 1. The van der Waals surface area contributed by atoms with Gasteiger partial charge in [-0.05, 0) is 31.2 Å². The monoisotopic (exact) mass is 269 g/mol. The third-order valence-electron chi connectivity index (χ3n) is 2.78. The Morgan fingerprint density at radius 2 is 2.20 bits per heavy atom. The molecule has 0 radical (unpaired) electrons. The molecule has 1 aliphatic rings. The molecule has 0 aliphatic carbocycles. The van der Waals surface area contributed by atoms with Gasteiger partial charge >= 0.3 is 0 Å². The van der Waals surface area contributed by atoms with Crippen LogP contribution in [0.1, 0.15) is 31.9 Å². The van der Waals surface area contributed by atoms with Crippen LogP contribution in [0.4, 0.5) is 0 Å². The van der Waals surface area contributed by atoms with Gasteiger partial charge in [0, 0.05) is 10.0 Å². The molecule has 0 saturated carbocycles. The number of hydrogen-bond donors (Lipinski definition) is 1. The van der Waals surface area contributed by atoms with Gasteiger partial charge in [0.2, 0.25) is 0 Å². The van der Waals surface area contributed by atoms with Crippen molar-refractivity contribution in [3.63, 3.8) is 0 Å². The lowest BCUT2D eigenvalue weighted by atomic mass is 10.0. The molecular weight excluding hydrogens is 254 g/mol. The van der Waals surface area contributed by atoms with E-state index >= 15 is 0 Å². The van der Waals surface area contributed by atoms with E-state index < -0.39 is 0 Å². The average Bonchev–Trinajstić information content (AvgIpc) is 2.57. The van der Waals surface area contributed by atoms with Gasteiger partial charge in [0.15, 0.2) is 0 Å². The van der Waals surface area contributed by atoms with Gasteiger partial charge in [-0.3, -0.25) is 0 Å². The molecule has 0 spiro atoms. The lowest BCUT2D eigenvalue weighted by Gasteiger charge is -2.17. The van der Waals surface area contributed by atoms with E-state index in [1.807, 2.05) is 12.1 Å². The van der Waals surface area contributed by atoms with Crippen LogP contribution in [0.3, 0.4) is 0 Å². The van der Waals surface area contributed by atoms with Gasteiger partial charge in [-0.1, -0.05) is 29.8 Å². The highest BCUT2D eigenvalue weighted by molar-refractivity contribution is 9.10. The summed E-state index contributed by atoms with van der Waals surface area (Å²) in [6, 6.07) is 6.56. The fraction of sp³-hybridized carbons (Fsp3) is 0.500. The van der Waals surface area contributed by atoms with Crippen molar-refractivity contribution < 1.29 is 4.74 Å². The summed E-state index contributed by atoms with van der Waals surface area (Å²) in [7, 11) is 0. The Morgan fingerprint density at radius 1 is 1.40 bits per heavy atom. The first-order valence-corrected chi connectivity index (χ1v) is 6.25. The van der Waals surface area contributed by atoms with Crippen molar-refractivity contribution in [2.45, 2.75) is 32.4 Å². The Hall–Kier alpha value is -0.540. The standard InChI is InChI=1S/C12H16BrNO/c1-3-10-12(14-4-2)9-7-8(13)5-6-11(9)15-10/h5-7,10,12,14H,3-4H2,1-2H3. The number of ether oxygens (including phenoxy) is 1. The van der Waals surface area contributed by atoms with Crippen molar-refractivity contribution >= 4 is 15.9 Å². The van der Waals surface area contributed by atoms with Crippen LogP contribution in [-0.4, -0.2) is 12.6 Å². The minimum Gasteiger partial charge on any atom is -0.488 e. The SMILES string of the molecule is CCNC1c2cc(Br)ccc2OC1CC. The van der Waals surface area contributed by atoms with Crippen LogP contribution in [0.5, 0.6) is 5.75 Å². The molecule has 3 heteroatoms. The Labute approximate surface area is 99.1 Å². The highest BCUT2D eigenvalue weighted by Gasteiger charge is 2.32. The van der Waals surface area contributed by atoms with Crippen molar-refractivity contribution in [2.75, 3.05) is 6.54 Å². The van der Waals surface area contributed by atoms with E-state index in [4.69, 9.17) is 4.74 Å². The molecule has 1 aromatic carbocycles. The molecule has 1 heterocycles. The van der Waals surface area contributed by atoms with E-state index in [-0.39, 0.29) is 6.10 Å². The number of fused-ring (bicyclic) bond motifs is 1. The maximum atomic E-state index is 5.89. The van der Waals surface area contributed by atoms with Crippen LogP contribution in [0.15, 0.2) is 22.7 Å². The first kappa shape index (κ1) is 11.0. The van der Waals surface area contributed by atoms with E-state index in [0.29, 0.717) is 6.04 Å². The van der Waals surface area contributed by atoms with Crippen molar-refractivity contribution in [1.29, 1.82) is 0 Å². The maximum Gasteiger partial charge on any atom is 0.124 e. The highest BCUT2D eigenvalue weighted by atomic mass is 79.9. The van der Waals surface area contributed by atoms with Crippen LogP contribution < -0.4 is 10.1 Å². The van der Waals surface area contributed by atoms with E-state index in [9.17, 15) is 0 Å². The molecule has 2 rings (SSSR count). The van der Waals surface area contributed by atoms with Gasteiger partial charge in [0.1, 0.15) is 11.9 Å². The fourth-order valence-corrected chi connectivity index (χ4v) is 2.46. The van der Waals surface area contributed by atoms with Crippen LogP contribution in [0.25, 0.3) is 0 Å². The maximum absolute atomic E-state index is 5.89. The molecular formula is C12H16BrNO. The van der Waals surface area contributed by atoms with E-state index in [2.05, 4.69) is 41.2 Å². The average molecular weight is 270 g/mol. The van der Waals surface area contributed by atoms with E-state index in [1.165, 1.54) is 5.56 Å². The number of benzene rings is 1. The third kappa shape index (κ3) is 2.04. The van der Waals surface area contributed by atoms with E-state index in [1.54, 1.807) is 0 Å². The molecule has 1 N–H and O–H groups in total. The van der Waals surface area contributed by atoms with Gasteiger partial charge in [-0.2, -0.15) is 0 Å². The third-order valence-corrected chi connectivity index (χ3v) is 3.28. The lowest BCUT2D eigenvalue weighted by molar-refractivity contribution is 0.186. The number of nitrogens with one attached hydrogen (secondary N) is 1. The van der Waals surface area contributed by atoms with Gasteiger partial charge in [0.05, 0.1) is 6.04 Å². The predicted molar refractivity (Wildman–Crippen MR) is 65.3 cm³/mol. The predicted octanol–water partition coefficient (Wildman–Crippen LogP) is 3.27. The quantitative estimate of drug-likeness (QED) is 0.910. The Bertz CT molecular complexity index is 353. The lowest BCUT2D eigenvalue weighted by Crippen LogP contribution is -2.30. The molecule has 0 fully saturated rings. The first-order chi connectivity index (χ1) is 7.26. The highest BCUT2D eigenvalue weighted by Crippen LogP contribution is 2.39. The molecule has 82 valence electrons. The topological polar surface area (TPSA) is 21.3 Å². The Morgan fingerprint density at radius 3 is 2.87 bits per heavy atom. The molecule has 2 nitrogen and oxygen atoms in total. The summed E-state index contributed by atoms with van der Waals surface area (Å²) >= 11 is 3.50. The summed E-state index contributed by atoms with van der Waals surface area (Å²) in [6.45, 7) is 5.26. The molecule has 2 atom stereocenters. The molecule has 15 heavy (non-hydrogen) atoms. The van der Waals surface area contributed by atoms with Crippen molar-refractivity contribution in [3.8, 4) is 5.75 Å². The molecule has 1 aliphatic heterocycles. The van der Waals surface area contributed by atoms with Crippen molar-refractivity contribution in [2.24, 2.45) is 0 Å². The summed E-state index contributed by atoms with van der Waals surface area (Å²) < 4.78 is 7.01. The molecule has 1 aromatic rings. The van der Waals surface area contributed by atoms with Crippen LogP contribution >= 0.6 is 15.9 Å². The number of hydrogen-bond acceptors (Lipinski definition) is 2. The summed E-state index contributed by atoms with van der Waals surface area (Å²) in [6.07, 6.45) is 1.30. The molecule has 2 unspecified atom stereocenters. The zero-order chi connectivity index (χ0) is 10.8. The number of rotatable bonds is 3. The van der Waals surface area contributed by atoms with Gasteiger partial charge < -0.3 is 10.1 Å².